The molecule has 0 aliphatic rings. The number of carbonyl (C=O) groups excluding carboxylic acids is 1. The second kappa shape index (κ2) is 9.22. The average molecular weight is 410 g/mol. The van der Waals surface area contributed by atoms with Crippen molar-refractivity contribution in [1.82, 2.24) is 20.2 Å². The number of rotatable bonds is 7. The number of amides is 1. The summed E-state index contributed by atoms with van der Waals surface area (Å²) in [4.78, 5) is 12.9. The van der Waals surface area contributed by atoms with Crippen LogP contribution in [0.2, 0.25) is 0 Å². The molecule has 3 rings (SSSR count). The van der Waals surface area contributed by atoms with E-state index in [4.69, 9.17) is 0 Å². The molecule has 29 heavy (non-hydrogen) atoms. The number of carbonyl (C=O) groups is 1. The number of aromatic nitrogens is 4. The highest BCUT2D eigenvalue weighted by Gasteiger charge is 2.21. The van der Waals surface area contributed by atoms with Gasteiger partial charge >= 0.3 is 0 Å². The van der Waals surface area contributed by atoms with Crippen LogP contribution in [0.4, 0.5) is 5.69 Å². The first-order valence-electron chi connectivity index (χ1n) is 9.83. The maximum atomic E-state index is 12.9. The van der Waals surface area contributed by atoms with Crippen molar-refractivity contribution in [2.45, 2.75) is 57.4 Å². The molecule has 2 aromatic carbocycles. The zero-order valence-electron chi connectivity index (χ0n) is 17.5. The number of nitrogens with one attached hydrogen (secondary N) is 1. The van der Waals surface area contributed by atoms with Gasteiger partial charge in [-0.3, -0.25) is 4.79 Å². The lowest BCUT2D eigenvalue weighted by atomic mass is 9.97. The molecule has 152 valence electrons. The van der Waals surface area contributed by atoms with Gasteiger partial charge < -0.3 is 5.32 Å². The van der Waals surface area contributed by atoms with E-state index in [9.17, 15) is 4.79 Å². The van der Waals surface area contributed by atoms with Crippen LogP contribution in [-0.4, -0.2) is 31.4 Å². The monoisotopic (exact) mass is 409 g/mol. The predicted octanol–water partition coefficient (Wildman–Crippen LogP) is 4.91. The van der Waals surface area contributed by atoms with Gasteiger partial charge in [0.1, 0.15) is 0 Å². The molecule has 1 heterocycles. The van der Waals surface area contributed by atoms with Gasteiger partial charge in [0.15, 0.2) is 0 Å². The third kappa shape index (κ3) is 4.85. The van der Waals surface area contributed by atoms with Crippen molar-refractivity contribution >= 4 is 23.4 Å². The first-order chi connectivity index (χ1) is 13.9. The number of para-hydroxylation sites is 1. The van der Waals surface area contributed by atoms with Crippen LogP contribution in [0, 0.1) is 13.8 Å². The van der Waals surface area contributed by atoms with Crippen molar-refractivity contribution in [2.24, 2.45) is 0 Å². The van der Waals surface area contributed by atoms with Crippen LogP contribution >= 0.6 is 11.8 Å². The van der Waals surface area contributed by atoms with E-state index in [-0.39, 0.29) is 11.2 Å². The summed E-state index contributed by atoms with van der Waals surface area (Å²) >= 11 is 1.35. The van der Waals surface area contributed by atoms with E-state index in [1.807, 2.05) is 51.1 Å². The Morgan fingerprint density at radius 1 is 1.17 bits per heavy atom. The standard InChI is InChI=1S/C22H27N5OS/c1-6-15(3)18-9-7-8-10-19(18)23-21(28)17(5)29-22-24-25-26-27(22)20-13-14(2)11-12-16(20)4/h7-13,15,17H,6H2,1-5H3,(H,23,28)/t15-,17-/m0/s1. The summed E-state index contributed by atoms with van der Waals surface area (Å²) in [5.41, 5.74) is 5.15. The predicted molar refractivity (Wildman–Crippen MR) is 118 cm³/mol. The smallest absolute Gasteiger partial charge is 0.237 e. The van der Waals surface area contributed by atoms with Gasteiger partial charge in [-0.05, 0) is 72.4 Å². The number of hydrogen-bond acceptors (Lipinski definition) is 5. The summed E-state index contributed by atoms with van der Waals surface area (Å²) in [7, 11) is 0. The van der Waals surface area contributed by atoms with Crippen LogP contribution in [0.1, 0.15) is 49.8 Å². The van der Waals surface area contributed by atoms with Gasteiger partial charge in [-0.15, -0.1) is 5.10 Å². The molecule has 0 saturated carbocycles. The van der Waals surface area contributed by atoms with E-state index < -0.39 is 0 Å². The minimum Gasteiger partial charge on any atom is -0.325 e. The Labute approximate surface area is 176 Å². The van der Waals surface area contributed by atoms with Crippen molar-refractivity contribution in [1.29, 1.82) is 0 Å². The highest BCUT2D eigenvalue weighted by atomic mass is 32.2. The van der Waals surface area contributed by atoms with E-state index in [1.54, 1.807) is 4.68 Å². The van der Waals surface area contributed by atoms with Crippen LogP contribution in [0.15, 0.2) is 47.6 Å². The van der Waals surface area contributed by atoms with Crippen molar-refractivity contribution in [3.05, 3.63) is 59.2 Å². The molecule has 7 heteroatoms. The molecule has 0 saturated heterocycles. The molecular formula is C22H27N5OS. The van der Waals surface area contributed by atoms with E-state index in [0.717, 1.165) is 34.5 Å². The molecule has 0 radical (unpaired) electrons. The molecule has 1 aromatic heterocycles. The summed E-state index contributed by atoms with van der Waals surface area (Å²) < 4.78 is 1.70. The van der Waals surface area contributed by atoms with Gasteiger partial charge in [0.05, 0.1) is 10.9 Å². The lowest BCUT2D eigenvalue weighted by Gasteiger charge is -2.17. The van der Waals surface area contributed by atoms with Gasteiger partial charge in [-0.25, -0.2) is 0 Å². The maximum Gasteiger partial charge on any atom is 0.237 e. The van der Waals surface area contributed by atoms with Crippen molar-refractivity contribution in [3.63, 3.8) is 0 Å². The van der Waals surface area contributed by atoms with Crippen molar-refractivity contribution < 1.29 is 4.79 Å². The second-order valence-electron chi connectivity index (χ2n) is 7.31. The molecule has 2 atom stereocenters. The molecule has 1 amide bonds. The molecular weight excluding hydrogens is 382 g/mol. The van der Waals surface area contributed by atoms with E-state index in [2.05, 4.69) is 46.8 Å². The fraction of sp³-hybridized carbons (Fsp3) is 0.364. The maximum absolute atomic E-state index is 12.9. The average Bonchev–Trinajstić information content (AvgIpc) is 3.17. The molecule has 0 spiro atoms. The number of benzene rings is 2. The largest absolute Gasteiger partial charge is 0.325 e. The van der Waals surface area contributed by atoms with E-state index in [1.165, 1.54) is 11.8 Å². The lowest BCUT2D eigenvalue weighted by Crippen LogP contribution is -2.23. The number of tetrazole rings is 1. The molecule has 0 aliphatic carbocycles. The normalized spacial score (nSPS) is 13.1. The molecule has 0 aliphatic heterocycles. The van der Waals surface area contributed by atoms with Gasteiger partial charge in [0, 0.05) is 5.69 Å². The van der Waals surface area contributed by atoms with Crippen LogP contribution in [0.25, 0.3) is 5.69 Å². The van der Waals surface area contributed by atoms with Crippen molar-refractivity contribution in [3.8, 4) is 5.69 Å². The highest BCUT2D eigenvalue weighted by molar-refractivity contribution is 8.00. The minimum absolute atomic E-state index is 0.0683. The molecule has 3 aromatic rings. The fourth-order valence-corrected chi connectivity index (χ4v) is 3.86. The molecule has 1 N–H and O–H groups in total. The zero-order chi connectivity index (χ0) is 21.0. The molecule has 0 fully saturated rings. The third-order valence-electron chi connectivity index (χ3n) is 5.05. The summed E-state index contributed by atoms with van der Waals surface area (Å²) in [5, 5.41) is 15.4. The number of anilines is 1. The van der Waals surface area contributed by atoms with Gasteiger partial charge in [-0.1, -0.05) is 55.9 Å². The number of aryl methyl sites for hydroxylation is 2. The first-order valence-corrected chi connectivity index (χ1v) is 10.7. The zero-order valence-corrected chi connectivity index (χ0v) is 18.3. The summed E-state index contributed by atoms with van der Waals surface area (Å²) in [5.74, 6) is 0.312. The SMILES string of the molecule is CC[C@H](C)c1ccccc1NC(=O)[C@H](C)Sc1nnnn1-c1cc(C)ccc1C. The Morgan fingerprint density at radius 2 is 1.93 bits per heavy atom. The molecule has 0 unspecified atom stereocenters. The van der Waals surface area contributed by atoms with Gasteiger partial charge in [-0.2, -0.15) is 4.68 Å². The third-order valence-corrected chi connectivity index (χ3v) is 6.08. The summed E-state index contributed by atoms with van der Waals surface area (Å²) in [6, 6.07) is 14.1. The van der Waals surface area contributed by atoms with E-state index in [0.29, 0.717) is 11.1 Å². The quantitative estimate of drug-likeness (QED) is 0.561. The van der Waals surface area contributed by atoms with Crippen molar-refractivity contribution in [2.75, 3.05) is 5.32 Å². The van der Waals surface area contributed by atoms with Gasteiger partial charge in [0.25, 0.3) is 0 Å². The lowest BCUT2D eigenvalue weighted by molar-refractivity contribution is -0.115. The fourth-order valence-electron chi connectivity index (χ4n) is 3.06. The Kier molecular flexibility index (Phi) is 6.69. The summed E-state index contributed by atoms with van der Waals surface area (Å²) in [6.07, 6.45) is 1.02. The van der Waals surface area contributed by atoms with E-state index >= 15 is 0 Å². The topological polar surface area (TPSA) is 72.7 Å². The highest BCUT2D eigenvalue weighted by Crippen LogP contribution is 2.29. The van der Waals surface area contributed by atoms with Crippen LogP contribution in [-0.2, 0) is 4.79 Å². The Balaban J connectivity index is 1.77. The van der Waals surface area contributed by atoms with Gasteiger partial charge in [0.2, 0.25) is 11.1 Å². The second-order valence-corrected chi connectivity index (χ2v) is 8.62. The first kappa shape index (κ1) is 21.0. The Bertz CT molecular complexity index is 1000. The Hall–Kier alpha value is -2.67. The molecule has 0 bridgehead atoms. The van der Waals surface area contributed by atoms with Crippen LogP contribution < -0.4 is 5.32 Å². The minimum atomic E-state index is -0.352. The Morgan fingerprint density at radius 3 is 2.69 bits per heavy atom. The number of thioether (sulfide) groups is 1. The number of hydrogen-bond donors (Lipinski definition) is 1. The summed E-state index contributed by atoms with van der Waals surface area (Å²) in [6.45, 7) is 10.2. The van der Waals surface area contributed by atoms with Crippen LogP contribution in [0.5, 0.6) is 0 Å². The van der Waals surface area contributed by atoms with Crippen LogP contribution in [0.3, 0.4) is 0 Å². The molecule has 6 nitrogen and oxygen atoms in total. The number of nitrogens with zero attached hydrogens (tertiary/aromatic N) is 4.